The summed E-state index contributed by atoms with van der Waals surface area (Å²) in [6, 6.07) is 13.3. The Morgan fingerprint density at radius 2 is 1.84 bits per heavy atom. The molecule has 0 saturated heterocycles. The van der Waals surface area contributed by atoms with E-state index in [-0.39, 0.29) is 22.4 Å². The van der Waals surface area contributed by atoms with E-state index in [1.165, 1.54) is 17.3 Å². The predicted octanol–water partition coefficient (Wildman–Crippen LogP) is 3.95. The van der Waals surface area contributed by atoms with Gasteiger partial charge in [0.2, 0.25) is 6.23 Å². The molecule has 0 N–H and O–H groups in total. The molecule has 0 aliphatic carbocycles. The topological polar surface area (TPSA) is 107 Å². The van der Waals surface area contributed by atoms with Crippen LogP contribution < -0.4 is 9.64 Å². The van der Waals surface area contributed by atoms with Crippen LogP contribution in [0.1, 0.15) is 22.4 Å². The Bertz CT molecular complexity index is 1320. The van der Waals surface area contributed by atoms with Gasteiger partial charge in [-0.1, -0.05) is 29.8 Å². The number of carbonyl (C=O) groups excluding carboxylic acids is 2. The molecule has 10 heteroatoms. The van der Waals surface area contributed by atoms with Crippen molar-refractivity contribution >= 4 is 40.4 Å². The average Bonchev–Trinajstić information content (AvgIpc) is 3.05. The Hall–Kier alpha value is -4.11. The Balaban J connectivity index is 1.52. The summed E-state index contributed by atoms with van der Waals surface area (Å²) in [6.07, 6.45) is 2.17. The zero-order chi connectivity index (χ0) is 21.4. The van der Waals surface area contributed by atoms with E-state index >= 15 is 0 Å². The molecular formula is C21H12ClN5O4. The number of pyridine rings is 2. The van der Waals surface area contributed by atoms with Crippen LogP contribution in [0.4, 0.5) is 10.6 Å². The van der Waals surface area contributed by atoms with Crippen molar-refractivity contribution < 1.29 is 19.1 Å². The van der Waals surface area contributed by atoms with Crippen molar-refractivity contribution in [3.63, 3.8) is 0 Å². The first-order chi connectivity index (χ1) is 15.1. The van der Waals surface area contributed by atoms with Crippen molar-refractivity contribution in [1.82, 2.24) is 19.9 Å². The van der Waals surface area contributed by atoms with Crippen molar-refractivity contribution in [2.75, 3.05) is 4.90 Å². The number of ether oxygens (including phenoxy) is 2. The second kappa shape index (κ2) is 7.62. The zero-order valence-corrected chi connectivity index (χ0v) is 16.4. The van der Waals surface area contributed by atoms with E-state index in [2.05, 4.69) is 19.9 Å². The quantitative estimate of drug-likeness (QED) is 0.271. The zero-order valence-electron chi connectivity index (χ0n) is 15.7. The largest absolute Gasteiger partial charge is 0.516 e. The van der Waals surface area contributed by atoms with E-state index in [4.69, 9.17) is 21.1 Å². The summed E-state index contributed by atoms with van der Waals surface area (Å²) in [5.41, 5.74) is 0.773. The Kier molecular flexibility index (Phi) is 4.64. The van der Waals surface area contributed by atoms with Gasteiger partial charge in [0.1, 0.15) is 22.4 Å². The minimum Gasteiger partial charge on any atom is -0.403 e. The van der Waals surface area contributed by atoms with Gasteiger partial charge in [-0.25, -0.2) is 24.6 Å². The number of hydrogen-bond acceptors (Lipinski definition) is 8. The third-order valence-electron chi connectivity index (χ3n) is 4.54. The lowest BCUT2D eigenvalue weighted by atomic mass is 10.2. The lowest BCUT2D eigenvalue weighted by Crippen LogP contribution is -2.32. The summed E-state index contributed by atoms with van der Waals surface area (Å²) in [5.74, 6) is 0.0263. The van der Waals surface area contributed by atoms with Gasteiger partial charge in [-0.15, -0.1) is 0 Å². The highest BCUT2D eigenvalue weighted by molar-refractivity contribution is 6.30. The Morgan fingerprint density at radius 1 is 1.03 bits per heavy atom. The monoisotopic (exact) mass is 433 g/mol. The van der Waals surface area contributed by atoms with Crippen LogP contribution in [-0.2, 0) is 4.74 Å². The SMILES string of the molecule is O=C(Oc1ccccc1)OC1c2nccnc2C(=O)N1c1ccc2cnc(Cl)cc2n1. The highest BCUT2D eigenvalue weighted by atomic mass is 35.5. The number of carbonyl (C=O) groups is 2. The van der Waals surface area contributed by atoms with Crippen LogP contribution in [0.3, 0.4) is 0 Å². The Morgan fingerprint density at radius 3 is 2.68 bits per heavy atom. The summed E-state index contributed by atoms with van der Waals surface area (Å²) in [5, 5.41) is 0.991. The Labute approximate surface area is 180 Å². The van der Waals surface area contributed by atoms with Crippen LogP contribution in [0.25, 0.3) is 10.9 Å². The molecule has 1 amide bonds. The molecule has 0 spiro atoms. The fourth-order valence-electron chi connectivity index (χ4n) is 3.18. The first-order valence-corrected chi connectivity index (χ1v) is 9.48. The first kappa shape index (κ1) is 18.9. The second-order valence-electron chi connectivity index (χ2n) is 6.47. The highest BCUT2D eigenvalue weighted by Gasteiger charge is 2.44. The summed E-state index contributed by atoms with van der Waals surface area (Å²) in [6.45, 7) is 0. The van der Waals surface area contributed by atoms with Crippen molar-refractivity contribution in [2.24, 2.45) is 0 Å². The maximum atomic E-state index is 13.1. The number of halogens is 1. The number of benzene rings is 1. The van der Waals surface area contributed by atoms with Crippen molar-refractivity contribution in [1.29, 1.82) is 0 Å². The lowest BCUT2D eigenvalue weighted by molar-refractivity contribution is 0.0555. The minimum atomic E-state index is -1.20. The van der Waals surface area contributed by atoms with Crippen LogP contribution in [0.2, 0.25) is 5.15 Å². The normalized spacial score (nSPS) is 15.1. The van der Waals surface area contributed by atoms with Gasteiger partial charge in [-0.3, -0.25) is 9.78 Å². The smallest absolute Gasteiger partial charge is 0.403 e. The van der Waals surface area contributed by atoms with Gasteiger partial charge in [0.25, 0.3) is 5.91 Å². The maximum Gasteiger partial charge on any atom is 0.516 e. The van der Waals surface area contributed by atoms with Crippen molar-refractivity contribution in [2.45, 2.75) is 6.23 Å². The molecular weight excluding hydrogens is 422 g/mol. The van der Waals surface area contributed by atoms with Crippen LogP contribution in [0.15, 0.2) is 67.1 Å². The molecule has 0 fully saturated rings. The molecule has 5 rings (SSSR count). The number of aromatic nitrogens is 4. The van der Waals surface area contributed by atoms with E-state index in [9.17, 15) is 9.59 Å². The van der Waals surface area contributed by atoms with E-state index in [0.29, 0.717) is 11.3 Å². The molecule has 1 unspecified atom stereocenters. The number of amides is 1. The summed E-state index contributed by atoms with van der Waals surface area (Å²) in [7, 11) is 0. The number of para-hydroxylation sites is 1. The van der Waals surface area contributed by atoms with Gasteiger partial charge in [0.15, 0.2) is 5.69 Å². The summed E-state index contributed by atoms with van der Waals surface area (Å²) >= 11 is 5.97. The average molecular weight is 434 g/mol. The number of nitrogens with zero attached hydrogens (tertiary/aromatic N) is 5. The molecule has 1 aliphatic heterocycles. The van der Waals surface area contributed by atoms with Crippen LogP contribution in [0, 0.1) is 0 Å². The fourth-order valence-corrected chi connectivity index (χ4v) is 3.34. The van der Waals surface area contributed by atoms with E-state index in [0.717, 1.165) is 5.39 Å². The molecule has 1 aromatic carbocycles. The van der Waals surface area contributed by atoms with Crippen LogP contribution >= 0.6 is 11.6 Å². The second-order valence-corrected chi connectivity index (χ2v) is 6.86. The standard InChI is InChI=1S/C21H12ClN5O4/c22-15-10-14-12(11-25-15)6-7-16(26-14)27-19(28)17-18(24-9-8-23-17)20(27)31-21(29)30-13-4-2-1-3-5-13/h1-11,20H. The van der Waals surface area contributed by atoms with Crippen molar-refractivity contribution in [3.8, 4) is 5.75 Å². The summed E-state index contributed by atoms with van der Waals surface area (Å²) in [4.78, 5) is 43.5. The molecule has 9 nitrogen and oxygen atoms in total. The fraction of sp³-hybridized carbons (Fsp3) is 0.0476. The molecule has 3 aromatic heterocycles. The molecule has 31 heavy (non-hydrogen) atoms. The molecule has 4 aromatic rings. The van der Waals surface area contributed by atoms with E-state index in [1.807, 2.05) is 0 Å². The van der Waals surface area contributed by atoms with Gasteiger partial charge in [-0.2, -0.15) is 0 Å². The lowest BCUT2D eigenvalue weighted by Gasteiger charge is -2.23. The van der Waals surface area contributed by atoms with Gasteiger partial charge in [0, 0.05) is 30.0 Å². The van der Waals surface area contributed by atoms with Crippen molar-refractivity contribution in [3.05, 3.63) is 83.7 Å². The third kappa shape index (κ3) is 3.51. The maximum absolute atomic E-state index is 13.1. The molecule has 152 valence electrons. The van der Waals surface area contributed by atoms with Gasteiger partial charge in [0.05, 0.1) is 5.52 Å². The molecule has 1 atom stereocenters. The van der Waals surface area contributed by atoms with Crippen LogP contribution in [0.5, 0.6) is 5.75 Å². The minimum absolute atomic E-state index is 0.0645. The predicted molar refractivity (Wildman–Crippen MR) is 110 cm³/mol. The van der Waals surface area contributed by atoms with Gasteiger partial charge < -0.3 is 9.47 Å². The number of anilines is 1. The van der Waals surface area contributed by atoms with Gasteiger partial charge in [-0.05, 0) is 24.3 Å². The number of rotatable bonds is 3. The molecule has 1 aliphatic rings. The molecule has 0 saturated carbocycles. The third-order valence-corrected chi connectivity index (χ3v) is 4.75. The molecule has 0 radical (unpaired) electrons. The van der Waals surface area contributed by atoms with Gasteiger partial charge >= 0.3 is 6.16 Å². The van der Waals surface area contributed by atoms with Crippen LogP contribution in [-0.4, -0.2) is 32.0 Å². The van der Waals surface area contributed by atoms with E-state index in [1.54, 1.807) is 54.7 Å². The molecule has 0 bridgehead atoms. The first-order valence-electron chi connectivity index (χ1n) is 9.10. The highest BCUT2D eigenvalue weighted by Crippen LogP contribution is 2.36. The summed E-state index contributed by atoms with van der Waals surface area (Å²) < 4.78 is 10.7. The van der Waals surface area contributed by atoms with E-state index < -0.39 is 18.3 Å². The number of hydrogen-bond donors (Lipinski definition) is 0. The number of fused-ring (bicyclic) bond motifs is 2. The molecule has 4 heterocycles.